The van der Waals surface area contributed by atoms with Crippen LogP contribution in [0.3, 0.4) is 0 Å². The maximum Gasteiger partial charge on any atom is 0.337 e. The SMILES string of the molecule is CCOC(=O)C1=C(c2ccccc2)NC(SCC(=O)Nc2ccc(Br)cc2)=C(C#N)[C@H]1c1ccccc1Cl. The molecular formula is C29H23BrClN3O3S. The number of rotatable bonds is 8. The highest BCUT2D eigenvalue weighted by atomic mass is 79.9. The summed E-state index contributed by atoms with van der Waals surface area (Å²) in [6, 6.07) is 26.0. The molecule has 0 aromatic heterocycles. The highest BCUT2D eigenvalue weighted by Crippen LogP contribution is 2.45. The number of carbonyl (C=O) groups excluding carboxylic acids is 2. The van der Waals surface area contributed by atoms with Gasteiger partial charge in [0.05, 0.1) is 46.2 Å². The van der Waals surface area contributed by atoms with Gasteiger partial charge in [-0.2, -0.15) is 5.26 Å². The number of benzene rings is 3. The van der Waals surface area contributed by atoms with E-state index in [1.807, 2.05) is 48.5 Å². The average Bonchev–Trinajstić information content (AvgIpc) is 2.93. The van der Waals surface area contributed by atoms with Gasteiger partial charge in [0.15, 0.2) is 0 Å². The Labute approximate surface area is 238 Å². The summed E-state index contributed by atoms with van der Waals surface area (Å²) in [6.45, 7) is 1.90. The fourth-order valence-electron chi connectivity index (χ4n) is 4.05. The number of ether oxygens (including phenoxy) is 1. The Morgan fingerprint density at radius 1 is 1.08 bits per heavy atom. The van der Waals surface area contributed by atoms with E-state index in [1.54, 1.807) is 37.3 Å². The normalized spacial score (nSPS) is 14.9. The zero-order valence-corrected chi connectivity index (χ0v) is 23.5. The van der Waals surface area contributed by atoms with E-state index < -0.39 is 11.9 Å². The van der Waals surface area contributed by atoms with Gasteiger partial charge in [-0.25, -0.2) is 4.79 Å². The lowest BCUT2D eigenvalue weighted by Gasteiger charge is -2.31. The summed E-state index contributed by atoms with van der Waals surface area (Å²) in [5.41, 5.74) is 3.06. The Morgan fingerprint density at radius 2 is 1.76 bits per heavy atom. The second-order valence-corrected chi connectivity index (χ2v) is 10.5. The monoisotopic (exact) mass is 607 g/mol. The van der Waals surface area contributed by atoms with Crippen molar-refractivity contribution < 1.29 is 14.3 Å². The molecule has 6 nitrogen and oxygen atoms in total. The van der Waals surface area contributed by atoms with Crippen LogP contribution in [0.1, 0.15) is 24.0 Å². The molecule has 1 aliphatic heterocycles. The van der Waals surface area contributed by atoms with E-state index in [2.05, 4.69) is 32.6 Å². The molecule has 1 amide bonds. The lowest BCUT2D eigenvalue weighted by atomic mass is 9.81. The fourth-order valence-corrected chi connectivity index (χ4v) is 5.40. The lowest BCUT2D eigenvalue weighted by molar-refractivity contribution is -0.138. The molecule has 38 heavy (non-hydrogen) atoms. The van der Waals surface area contributed by atoms with Crippen molar-refractivity contribution in [3.63, 3.8) is 0 Å². The number of hydrogen-bond donors (Lipinski definition) is 2. The Bertz CT molecular complexity index is 1450. The Kier molecular flexibility index (Phi) is 9.29. The number of nitriles is 1. The molecule has 0 saturated carbocycles. The van der Waals surface area contributed by atoms with Crippen molar-refractivity contribution in [3.8, 4) is 6.07 Å². The number of nitrogens with zero attached hydrogens (tertiary/aromatic N) is 1. The molecule has 0 radical (unpaired) electrons. The van der Waals surface area contributed by atoms with Crippen LogP contribution in [0.4, 0.5) is 5.69 Å². The van der Waals surface area contributed by atoms with E-state index in [1.165, 1.54) is 11.8 Å². The van der Waals surface area contributed by atoms with Crippen LogP contribution in [0.5, 0.6) is 0 Å². The standard InChI is InChI=1S/C29H23BrClN3O3S/c1-2-37-29(36)26-25(21-10-6-7-11-23(21)31)22(16-32)28(34-27(26)18-8-4-3-5-9-18)38-17-24(35)33-20-14-12-19(30)13-15-20/h3-15,25,34H,2,17H2,1H3,(H,33,35)/t25-/m1/s1. The molecule has 192 valence electrons. The molecule has 2 N–H and O–H groups in total. The largest absolute Gasteiger partial charge is 0.463 e. The van der Waals surface area contributed by atoms with E-state index in [9.17, 15) is 14.9 Å². The minimum absolute atomic E-state index is 0.0373. The summed E-state index contributed by atoms with van der Waals surface area (Å²) in [6.07, 6.45) is 0. The van der Waals surface area contributed by atoms with Gasteiger partial charge in [0.25, 0.3) is 0 Å². The molecule has 4 rings (SSSR count). The molecule has 0 spiro atoms. The van der Waals surface area contributed by atoms with Crippen LogP contribution in [-0.2, 0) is 14.3 Å². The minimum Gasteiger partial charge on any atom is -0.463 e. The fraction of sp³-hybridized carbons (Fsp3) is 0.138. The number of esters is 1. The molecule has 0 fully saturated rings. The molecule has 0 saturated heterocycles. The predicted molar refractivity (Wildman–Crippen MR) is 155 cm³/mol. The molecule has 1 atom stereocenters. The van der Waals surface area contributed by atoms with Gasteiger partial charge in [-0.1, -0.05) is 87.8 Å². The van der Waals surface area contributed by atoms with Crippen LogP contribution in [0, 0.1) is 11.3 Å². The Hall–Kier alpha value is -3.51. The van der Waals surface area contributed by atoms with Gasteiger partial charge < -0.3 is 15.4 Å². The van der Waals surface area contributed by atoms with Crippen molar-refractivity contribution in [2.24, 2.45) is 0 Å². The lowest BCUT2D eigenvalue weighted by Crippen LogP contribution is -2.30. The number of allylic oxidation sites excluding steroid dienone is 1. The number of thioether (sulfide) groups is 1. The number of carbonyl (C=O) groups is 2. The van der Waals surface area contributed by atoms with Crippen molar-refractivity contribution in [3.05, 3.63) is 116 Å². The van der Waals surface area contributed by atoms with E-state index in [0.717, 1.165) is 10.0 Å². The summed E-state index contributed by atoms with van der Waals surface area (Å²) in [7, 11) is 0. The third-order valence-corrected chi connectivity index (χ3v) is 7.59. The summed E-state index contributed by atoms with van der Waals surface area (Å²) >= 11 is 11.2. The third kappa shape index (κ3) is 6.30. The van der Waals surface area contributed by atoms with Gasteiger partial charge >= 0.3 is 5.97 Å². The smallest absolute Gasteiger partial charge is 0.337 e. The number of halogens is 2. The van der Waals surface area contributed by atoms with E-state index in [4.69, 9.17) is 16.3 Å². The summed E-state index contributed by atoms with van der Waals surface area (Å²) in [4.78, 5) is 26.1. The van der Waals surface area contributed by atoms with Crippen molar-refractivity contribution in [2.75, 3.05) is 17.7 Å². The van der Waals surface area contributed by atoms with Gasteiger partial charge in [0.2, 0.25) is 5.91 Å². The van der Waals surface area contributed by atoms with E-state index in [0.29, 0.717) is 27.0 Å². The second-order valence-electron chi connectivity index (χ2n) is 8.15. The second kappa shape index (κ2) is 12.8. The summed E-state index contributed by atoms with van der Waals surface area (Å²) in [5.74, 6) is -1.54. The van der Waals surface area contributed by atoms with Crippen LogP contribution in [-0.4, -0.2) is 24.2 Å². The number of dihydropyridines is 1. The molecule has 9 heteroatoms. The van der Waals surface area contributed by atoms with E-state index in [-0.39, 0.29) is 29.4 Å². The van der Waals surface area contributed by atoms with Gasteiger partial charge in [-0.3, -0.25) is 4.79 Å². The summed E-state index contributed by atoms with van der Waals surface area (Å²) in [5, 5.41) is 17.3. The highest BCUT2D eigenvalue weighted by Gasteiger charge is 2.38. The van der Waals surface area contributed by atoms with Crippen LogP contribution >= 0.6 is 39.3 Å². The van der Waals surface area contributed by atoms with Crippen LogP contribution in [0.15, 0.2) is 99.5 Å². The molecule has 1 heterocycles. The van der Waals surface area contributed by atoms with Crippen LogP contribution in [0.25, 0.3) is 5.70 Å². The maximum absolute atomic E-state index is 13.4. The Morgan fingerprint density at radius 3 is 2.42 bits per heavy atom. The molecule has 0 unspecified atom stereocenters. The summed E-state index contributed by atoms with van der Waals surface area (Å²) < 4.78 is 6.35. The molecule has 0 bridgehead atoms. The van der Waals surface area contributed by atoms with Crippen molar-refractivity contribution in [1.82, 2.24) is 5.32 Å². The maximum atomic E-state index is 13.4. The zero-order chi connectivity index (χ0) is 27.1. The van der Waals surface area contributed by atoms with Crippen molar-refractivity contribution >= 4 is 62.6 Å². The van der Waals surface area contributed by atoms with Crippen molar-refractivity contribution in [2.45, 2.75) is 12.8 Å². The van der Waals surface area contributed by atoms with Crippen LogP contribution in [0.2, 0.25) is 5.02 Å². The average molecular weight is 609 g/mol. The molecule has 3 aromatic carbocycles. The van der Waals surface area contributed by atoms with Gasteiger partial charge in [-0.15, -0.1) is 0 Å². The highest BCUT2D eigenvalue weighted by molar-refractivity contribution is 9.10. The predicted octanol–water partition coefficient (Wildman–Crippen LogP) is 6.87. The number of hydrogen-bond acceptors (Lipinski definition) is 6. The number of amides is 1. The molecule has 3 aromatic rings. The quantitative estimate of drug-likeness (QED) is 0.271. The molecule has 1 aliphatic rings. The number of anilines is 1. The number of nitrogens with one attached hydrogen (secondary N) is 2. The first-order valence-electron chi connectivity index (χ1n) is 11.7. The van der Waals surface area contributed by atoms with Gasteiger partial charge in [-0.05, 0) is 48.4 Å². The first kappa shape index (κ1) is 27.5. The third-order valence-electron chi connectivity index (χ3n) is 5.70. The topological polar surface area (TPSA) is 91.2 Å². The molecular weight excluding hydrogens is 586 g/mol. The van der Waals surface area contributed by atoms with Gasteiger partial charge in [0.1, 0.15) is 0 Å². The van der Waals surface area contributed by atoms with Crippen LogP contribution < -0.4 is 10.6 Å². The van der Waals surface area contributed by atoms with Gasteiger partial charge in [0, 0.05) is 15.2 Å². The van der Waals surface area contributed by atoms with Crippen molar-refractivity contribution in [1.29, 1.82) is 5.26 Å². The minimum atomic E-state index is -0.791. The zero-order valence-electron chi connectivity index (χ0n) is 20.3. The Balaban J connectivity index is 1.76. The first-order chi connectivity index (χ1) is 18.4. The first-order valence-corrected chi connectivity index (χ1v) is 13.9. The van der Waals surface area contributed by atoms with E-state index >= 15 is 0 Å². The molecule has 0 aliphatic carbocycles.